The summed E-state index contributed by atoms with van der Waals surface area (Å²) in [4.78, 5) is 25.9. The topological polar surface area (TPSA) is 80.3 Å². The summed E-state index contributed by atoms with van der Waals surface area (Å²) < 4.78 is 29.2. The molecule has 0 amide bonds. The average Bonchev–Trinajstić information content (AvgIpc) is 3.61. The van der Waals surface area contributed by atoms with Crippen molar-refractivity contribution in [2.75, 3.05) is 20.3 Å². The van der Waals surface area contributed by atoms with Crippen molar-refractivity contribution < 1.29 is 33.3 Å². The molecule has 0 spiro atoms. The number of carbonyl (C=O) groups is 2. The number of allylic oxidation sites excluding steroid dienone is 1. The molecule has 3 heterocycles. The van der Waals surface area contributed by atoms with Crippen LogP contribution in [0.1, 0.15) is 50.5 Å². The van der Waals surface area contributed by atoms with Crippen molar-refractivity contribution in [3.63, 3.8) is 0 Å². The minimum Gasteiger partial charge on any atom is -0.493 e. The molecule has 0 saturated heterocycles. The standard InChI is InChI=1S/C35H28O7/c1-38-30-19-23(8-11-28(30)40-15-13-22-7-10-27-24(17-22)14-16-39-27)26-20-32(36)41-29-12-9-25-34(37)31(42-35(25)33(26)29)18-21-5-3-2-4-6-21/h2-12,17-19,26H,13-16,20H2,1H3/b31-18-/t26-/m1/s1. The average molecular weight is 561 g/mol. The molecule has 0 fully saturated rings. The first-order valence-electron chi connectivity index (χ1n) is 14.0. The van der Waals surface area contributed by atoms with Gasteiger partial charge in [0, 0.05) is 24.3 Å². The van der Waals surface area contributed by atoms with Gasteiger partial charge in [-0.15, -0.1) is 0 Å². The largest absolute Gasteiger partial charge is 0.493 e. The molecular weight excluding hydrogens is 532 g/mol. The minimum absolute atomic E-state index is 0.101. The van der Waals surface area contributed by atoms with Crippen LogP contribution >= 0.6 is 0 Å². The highest BCUT2D eigenvalue weighted by molar-refractivity contribution is 6.15. The molecule has 0 unspecified atom stereocenters. The van der Waals surface area contributed by atoms with Crippen LogP contribution < -0.4 is 23.7 Å². The molecule has 7 heteroatoms. The van der Waals surface area contributed by atoms with E-state index in [2.05, 4.69) is 12.1 Å². The molecule has 1 atom stereocenters. The molecule has 0 bridgehead atoms. The van der Waals surface area contributed by atoms with Crippen molar-refractivity contribution >= 4 is 17.8 Å². The summed E-state index contributed by atoms with van der Waals surface area (Å²) in [5.41, 5.74) is 5.24. The number of esters is 1. The van der Waals surface area contributed by atoms with E-state index in [1.165, 1.54) is 11.1 Å². The van der Waals surface area contributed by atoms with Crippen molar-refractivity contribution in [3.8, 4) is 28.7 Å². The number of fused-ring (bicyclic) bond motifs is 4. The highest BCUT2D eigenvalue weighted by Crippen LogP contribution is 2.49. The van der Waals surface area contributed by atoms with Crippen LogP contribution in [0.15, 0.2) is 84.6 Å². The normalized spacial score (nSPS) is 17.5. The zero-order valence-electron chi connectivity index (χ0n) is 23.1. The monoisotopic (exact) mass is 560 g/mol. The minimum atomic E-state index is -0.392. The molecule has 0 aromatic heterocycles. The Morgan fingerprint density at radius 3 is 2.62 bits per heavy atom. The van der Waals surface area contributed by atoms with E-state index in [0.29, 0.717) is 40.7 Å². The fourth-order valence-corrected chi connectivity index (χ4v) is 5.79. The Morgan fingerprint density at radius 2 is 1.76 bits per heavy atom. The van der Waals surface area contributed by atoms with Crippen LogP contribution in [0.25, 0.3) is 6.08 Å². The predicted molar refractivity (Wildman–Crippen MR) is 156 cm³/mol. The number of carbonyl (C=O) groups excluding carboxylic acids is 2. The zero-order valence-corrected chi connectivity index (χ0v) is 23.1. The van der Waals surface area contributed by atoms with Crippen LogP contribution in [0.2, 0.25) is 0 Å². The molecular formula is C35H28O7. The Morgan fingerprint density at radius 1 is 0.905 bits per heavy atom. The lowest BCUT2D eigenvalue weighted by molar-refractivity contribution is -0.135. The first kappa shape index (κ1) is 25.9. The van der Waals surface area contributed by atoms with Gasteiger partial charge in [-0.05, 0) is 58.7 Å². The second-order valence-corrected chi connectivity index (χ2v) is 10.5. The summed E-state index contributed by atoms with van der Waals surface area (Å²) in [7, 11) is 1.59. The Labute approximate surface area is 243 Å². The van der Waals surface area contributed by atoms with E-state index < -0.39 is 5.92 Å². The first-order valence-corrected chi connectivity index (χ1v) is 14.0. The summed E-state index contributed by atoms with van der Waals surface area (Å²) in [5.74, 6) is 2.24. The predicted octanol–water partition coefficient (Wildman–Crippen LogP) is 6.31. The van der Waals surface area contributed by atoms with Gasteiger partial charge < -0.3 is 23.7 Å². The lowest BCUT2D eigenvalue weighted by atomic mass is 9.84. The molecule has 0 saturated carbocycles. The summed E-state index contributed by atoms with van der Waals surface area (Å²) in [6, 6.07) is 24.8. The van der Waals surface area contributed by atoms with E-state index in [1.54, 1.807) is 25.3 Å². The third-order valence-corrected chi connectivity index (χ3v) is 7.87. The third kappa shape index (κ3) is 4.77. The number of Topliss-reactive ketones (excluding diaryl/α,β-unsaturated/α-hetero) is 1. The molecule has 210 valence electrons. The van der Waals surface area contributed by atoms with Crippen LogP contribution in [0.4, 0.5) is 0 Å². The van der Waals surface area contributed by atoms with E-state index >= 15 is 0 Å². The lowest BCUT2D eigenvalue weighted by Gasteiger charge is -2.26. The highest BCUT2D eigenvalue weighted by Gasteiger charge is 2.38. The second kappa shape index (κ2) is 10.7. The first-order chi connectivity index (χ1) is 20.6. The van der Waals surface area contributed by atoms with E-state index in [4.69, 9.17) is 23.7 Å². The molecule has 4 aromatic carbocycles. The molecule has 4 aromatic rings. The van der Waals surface area contributed by atoms with E-state index in [9.17, 15) is 9.59 Å². The van der Waals surface area contributed by atoms with E-state index in [-0.39, 0.29) is 23.9 Å². The van der Waals surface area contributed by atoms with Crippen molar-refractivity contribution in [2.45, 2.75) is 25.2 Å². The quantitative estimate of drug-likeness (QED) is 0.149. The molecule has 0 radical (unpaired) electrons. The summed E-state index contributed by atoms with van der Waals surface area (Å²) in [6.45, 7) is 1.22. The fraction of sp³-hybridized carbons (Fsp3) is 0.200. The van der Waals surface area contributed by atoms with Crippen LogP contribution in [0.5, 0.6) is 28.7 Å². The van der Waals surface area contributed by atoms with Crippen LogP contribution in [0, 0.1) is 0 Å². The van der Waals surface area contributed by atoms with Gasteiger partial charge in [0.25, 0.3) is 0 Å². The molecule has 7 rings (SSSR count). The van der Waals surface area contributed by atoms with Crippen molar-refractivity contribution in [1.29, 1.82) is 0 Å². The van der Waals surface area contributed by atoms with Crippen LogP contribution in [-0.4, -0.2) is 32.1 Å². The van der Waals surface area contributed by atoms with Crippen molar-refractivity contribution in [3.05, 3.63) is 118 Å². The van der Waals surface area contributed by atoms with Crippen LogP contribution in [-0.2, 0) is 17.6 Å². The summed E-state index contributed by atoms with van der Waals surface area (Å²) >= 11 is 0. The SMILES string of the molecule is COc1cc([C@H]2CC(=O)Oc3ccc4c(c32)O/C(=C\c2ccccc2)C4=O)ccc1OCCc1ccc2c(c1)CCO2. The maximum absolute atomic E-state index is 13.3. The second-order valence-electron chi connectivity index (χ2n) is 10.5. The number of ketones is 1. The summed E-state index contributed by atoms with van der Waals surface area (Å²) in [5, 5.41) is 0. The van der Waals surface area contributed by atoms with Gasteiger partial charge in [0.05, 0.1) is 32.3 Å². The number of ether oxygens (including phenoxy) is 5. The van der Waals surface area contributed by atoms with Crippen molar-refractivity contribution in [2.24, 2.45) is 0 Å². The number of benzene rings is 4. The van der Waals surface area contributed by atoms with E-state index in [0.717, 1.165) is 36.3 Å². The van der Waals surface area contributed by atoms with Gasteiger partial charge >= 0.3 is 5.97 Å². The smallest absolute Gasteiger partial charge is 0.312 e. The molecule has 7 nitrogen and oxygen atoms in total. The molecule has 3 aliphatic heterocycles. The van der Waals surface area contributed by atoms with Crippen molar-refractivity contribution in [1.82, 2.24) is 0 Å². The van der Waals surface area contributed by atoms with Gasteiger partial charge in [0.1, 0.15) is 17.2 Å². The molecule has 3 aliphatic rings. The third-order valence-electron chi connectivity index (χ3n) is 7.87. The van der Waals surface area contributed by atoms with Crippen LogP contribution in [0.3, 0.4) is 0 Å². The van der Waals surface area contributed by atoms with Gasteiger partial charge in [0.2, 0.25) is 5.78 Å². The van der Waals surface area contributed by atoms with Gasteiger partial charge in [0.15, 0.2) is 17.3 Å². The molecule has 0 N–H and O–H groups in total. The highest BCUT2D eigenvalue weighted by atomic mass is 16.5. The van der Waals surface area contributed by atoms with Gasteiger partial charge in [-0.25, -0.2) is 0 Å². The number of hydrogen-bond donors (Lipinski definition) is 0. The molecule has 0 aliphatic carbocycles. The number of rotatable bonds is 7. The number of hydrogen-bond acceptors (Lipinski definition) is 7. The van der Waals surface area contributed by atoms with E-state index in [1.807, 2.05) is 54.6 Å². The Bertz CT molecular complexity index is 1740. The Hall–Kier alpha value is -5.04. The number of methoxy groups -OCH3 is 1. The summed E-state index contributed by atoms with van der Waals surface area (Å²) in [6.07, 6.45) is 3.51. The maximum Gasteiger partial charge on any atom is 0.312 e. The fourth-order valence-electron chi connectivity index (χ4n) is 5.79. The zero-order chi connectivity index (χ0) is 28.6. The maximum atomic E-state index is 13.3. The lowest BCUT2D eigenvalue weighted by Crippen LogP contribution is -2.21. The Balaban J connectivity index is 1.15. The molecule has 42 heavy (non-hydrogen) atoms. The van der Waals surface area contributed by atoms with Gasteiger partial charge in [-0.3, -0.25) is 9.59 Å². The van der Waals surface area contributed by atoms with Gasteiger partial charge in [-0.1, -0.05) is 48.5 Å². The van der Waals surface area contributed by atoms with Gasteiger partial charge in [-0.2, -0.15) is 0 Å². The Kier molecular flexibility index (Phi) is 6.62.